The van der Waals surface area contributed by atoms with Gasteiger partial charge in [0.15, 0.2) is 6.61 Å². The third-order valence-corrected chi connectivity index (χ3v) is 6.22. The van der Waals surface area contributed by atoms with Gasteiger partial charge in [-0.15, -0.1) is 11.3 Å². The lowest BCUT2D eigenvalue weighted by atomic mass is 9.97. The van der Waals surface area contributed by atoms with Gasteiger partial charge in [-0.2, -0.15) is 0 Å². The molecule has 1 aliphatic carbocycles. The van der Waals surface area contributed by atoms with Crippen LogP contribution in [0.1, 0.15) is 66.1 Å². The summed E-state index contributed by atoms with van der Waals surface area (Å²) < 4.78 is 5.30. The van der Waals surface area contributed by atoms with Crippen LogP contribution in [0.3, 0.4) is 0 Å². The first kappa shape index (κ1) is 16.5. The molecule has 1 saturated heterocycles. The molecule has 3 rings (SSSR count). The molecule has 2 heterocycles. The van der Waals surface area contributed by atoms with Crippen molar-refractivity contribution in [2.45, 2.75) is 70.9 Å². The van der Waals surface area contributed by atoms with Crippen molar-refractivity contribution < 1.29 is 14.3 Å². The van der Waals surface area contributed by atoms with Crippen LogP contribution in [0.4, 0.5) is 0 Å². The normalized spacial score (nSPS) is 24.2. The summed E-state index contributed by atoms with van der Waals surface area (Å²) >= 11 is 1.53. The monoisotopic (exact) mass is 335 g/mol. The highest BCUT2D eigenvalue weighted by Gasteiger charge is 2.29. The number of nitrogens with zero attached hydrogens (tertiary/aromatic N) is 1. The highest BCUT2D eigenvalue weighted by atomic mass is 32.1. The summed E-state index contributed by atoms with van der Waals surface area (Å²) in [5.41, 5.74) is 1.29. The van der Waals surface area contributed by atoms with Crippen molar-refractivity contribution >= 4 is 23.2 Å². The second-order valence-corrected chi connectivity index (χ2v) is 7.91. The summed E-state index contributed by atoms with van der Waals surface area (Å²) in [6.45, 7) is 4.00. The number of carbonyl (C=O) groups excluding carboxylic acids is 2. The number of rotatable bonds is 3. The average molecular weight is 335 g/mol. The van der Waals surface area contributed by atoms with Crippen LogP contribution in [0, 0.1) is 0 Å². The number of ether oxygens (including phenoxy) is 1. The van der Waals surface area contributed by atoms with Gasteiger partial charge in [0.1, 0.15) is 4.88 Å². The molecule has 0 aromatic carbocycles. The van der Waals surface area contributed by atoms with Crippen LogP contribution < -0.4 is 0 Å². The Hall–Kier alpha value is -1.36. The van der Waals surface area contributed by atoms with Gasteiger partial charge in [-0.1, -0.05) is 0 Å². The number of aryl methyl sites for hydroxylation is 2. The van der Waals surface area contributed by atoms with Crippen LogP contribution in [0.2, 0.25) is 0 Å². The molecule has 126 valence electrons. The third-order valence-electron chi connectivity index (χ3n) is 5.01. The molecule has 1 fully saturated rings. The van der Waals surface area contributed by atoms with Crippen molar-refractivity contribution in [2.75, 3.05) is 6.61 Å². The molecule has 0 saturated carbocycles. The zero-order valence-electron chi connectivity index (χ0n) is 14.0. The van der Waals surface area contributed by atoms with E-state index in [2.05, 4.69) is 13.8 Å². The van der Waals surface area contributed by atoms with Gasteiger partial charge in [0.2, 0.25) is 0 Å². The summed E-state index contributed by atoms with van der Waals surface area (Å²) in [5.74, 6) is -0.422. The van der Waals surface area contributed by atoms with Crippen LogP contribution in [-0.2, 0) is 22.4 Å². The molecule has 0 spiro atoms. The molecule has 2 aliphatic rings. The van der Waals surface area contributed by atoms with E-state index in [0.29, 0.717) is 4.88 Å². The number of fused-ring (bicyclic) bond motifs is 1. The van der Waals surface area contributed by atoms with E-state index in [9.17, 15) is 9.59 Å². The van der Waals surface area contributed by atoms with Crippen LogP contribution in [0.5, 0.6) is 0 Å². The Morgan fingerprint density at radius 2 is 1.87 bits per heavy atom. The van der Waals surface area contributed by atoms with Crippen molar-refractivity contribution in [1.82, 2.24) is 4.90 Å². The molecule has 0 radical (unpaired) electrons. The van der Waals surface area contributed by atoms with Crippen molar-refractivity contribution in [3.63, 3.8) is 0 Å². The van der Waals surface area contributed by atoms with Gasteiger partial charge >= 0.3 is 5.97 Å². The number of hydrogen-bond donors (Lipinski definition) is 0. The lowest BCUT2D eigenvalue weighted by molar-refractivity contribution is -0.140. The maximum Gasteiger partial charge on any atom is 0.348 e. The quantitative estimate of drug-likeness (QED) is 0.793. The smallest absolute Gasteiger partial charge is 0.348 e. The number of piperidine rings is 1. The molecule has 1 aliphatic heterocycles. The predicted molar refractivity (Wildman–Crippen MR) is 90.9 cm³/mol. The topological polar surface area (TPSA) is 46.6 Å². The Bertz CT molecular complexity index is 562. The van der Waals surface area contributed by atoms with Crippen molar-refractivity contribution in [2.24, 2.45) is 0 Å². The lowest BCUT2D eigenvalue weighted by Gasteiger charge is -2.38. The van der Waals surface area contributed by atoms with Gasteiger partial charge in [-0.3, -0.25) is 4.79 Å². The van der Waals surface area contributed by atoms with Crippen LogP contribution >= 0.6 is 11.3 Å². The first-order valence-electron chi connectivity index (χ1n) is 8.66. The molecule has 1 aromatic rings. The standard InChI is InChI=1S/C18H25NO3S/c1-12-6-5-7-13(2)19(12)17(20)11-22-18(21)16-10-14-8-3-4-9-15(14)23-16/h10,12-13H,3-9,11H2,1-2H3/t12-,13-/m1/s1. The van der Waals surface area contributed by atoms with Gasteiger partial charge in [0.05, 0.1) is 0 Å². The Labute approximate surface area is 141 Å². The third kappa shape index (κ3) is 3.60. The Morgan fingerprint density at radius 1 is 1.17 bits per heavy atom. The maximum absolute atomic E-state index is 12.4. The predicted octanol–water partition coefficient (Wildman–Crippen LogP) is 3.57. The molecular weight excluding hydrogens is 310 g/mol. The van der Waals surface area contributed by atoms with Crippen molar-refractivity contribution in [3.8, 4) is 0 Å². The number of carbonyl (C=O) groups is 2. The van der Waals surface area contributed by atoms with Gasteiger partial charge in [0.25, 0.3) is 5.91 Å². The second-order valence-electron chi connectivity index (χ2n) is 6.77. The SMILES string of the molecule is C[C@@H]1CCC[C@@H](C)N1C(=O)COC(=O)c1cc2c(s1)CCCC2. The average Bonchev–Trinajstić information content (AvgIpc) is 2.96. The van der Waals surface area contributed by atoms with E-state index >= 15 is 0 Å². The number of hydrogen-bond acceptors (Lipinski definition) is 4. The van der Waals surface area contributed by atoms with E-state index in [-0.39, 0.29) is 30.6 Å². The summed E-state index contributed by atoms with van der Waals surface area (Å²) in [4.78, 5) is 28.5. The van der Waals surface area contributed by atoms with E-state index in [0.717, 1.165) is 32.1 Å². The fourth-order valence-electron chi connectivity index (χ4n) is 3.78. The number of likely N-dealkylation sites (tertiary alicyclic amines) is 1. The van der Waals surface area contributed by atoms with Crippen LogP contribution in [0.25, 0.3) is 0 Å². The van der Waals surface area contributed by atoms with E-state index in [4.69, 9.17) is 4.74 Å². The zero-order valence-corrected chi connectivity index (χ0v) is 14.8. The number of amides is 1. The van der Waals surface area contributed by atoms with Crippen molar-refractivity contribution in [3.05, 3.63) is 21.4 Å². The Balaban J connectivity index is 1.58. The van der Waals surface area contributed by atoms with E-state index < -0.39 is 0 Å². The fraction of sp³-hybridized carbons (Fsp3) is 0.667. The highest BCUT2D eigenvalue weighted by molar-refractivity contribution is 7.14. The second kappa shape index (κ2) is 7.04. The first-order valence-corrected chi connectivity index (χ1v) is 9.48. The molecule has 4 nitrogen and oxygen atoms in total. The molecule has 23 heavy (non-hydrogen) atoms. The minimum absolute atomic E-state index is 0.0700. The first-order chi connectivity index (χ1) is 11.1. The molecule has 0 bridgehead atoms. The van der Waals surface area contributed by atoms with E-state index in [1.165, 1.54) is 34.6 Å². The molecule has 2 atom stereocenters. The zero-order chi connectivity index (χ0) is 16.4. The lowest BCUT2D eigenvalue weighted by Crippen LogP contribution is -2.49. The van der Waals surface area contributed by atoms with Gasteiger partial charge in [-0.05, 0) is 70.4 Å². The minimum atomic E-state index is -0.352. The molecule has 5 heteroatoms. The number of esters is 1. The highest BCUT2D eigenvalue weighted by Crippen LogP contribution is 2.30. The Morgan fingerprint density at radius 3 is 2.57 bits per heavy atom. The molecule has 1 amide bonds. The Kier molecular flexibility index (Phi) is 5.05. The summed E-state index contributed by atoms with van der Waals surface area (Å²) in [7, 11) is 0. The minimum Gasteiger partial charge on any atom is -0.451 e. The maximum atomic E-state index is 12.4. The largest absolute Gasteiger partial charge is 0.451 e. The van der Waals surface area contributed by atoms with Gasteiger partial charge < -0.3 is 9.64 Å². The molecule has 1 aromatic heterocycles. The van der Waals surface area contributed by atoms with Gasteiger partial charge in [0, 0.05) is 17.0 Å². The molecule has 0 unspecified atom stereocenters. The number of thiophene rings is 1. The van der Waals surface area contributed by atoms with Gasteiger partial charge in [-0.25, -0.2) is 4.79 Å². The fourth-order valence-corrected chi connectivity index (χ4v) is 4.92. The summed E-state index contributed by atoms with van der Waals surface area (Å²) in [6, 6.07) is 2.43. The molecular formula is C18H25NO3S. The molecule has 0 N–H and O–H groups in total. The van der Waals surface area contributed by atoms with Crippen LogP contribution in [0.15, 0.2) is 6.07 Å². The summed E-state index contributed by atoms with van der Waals surface area (Å²) in [6.07, 6.45) is 7.73. The van der Waals surface area contributed by atoms with Crippen LogP contribution in [-0.4, -0.2) is 35.5 Å². The van der Waals surface area contributed by atoms with E-state index in [1.54, 1.807) is 0 Å². The van der Waals surface area contributed by atoms with Crippen molar-refractivity contribution in [1.29, 1.82) is 0 Å². The van der Waals surface area contributed by atoms with E-state index in [1.807, 2.05) is 11.0 Å². The summed E-state index contributed by atoms with van der Waals surface area (Å²) in [5, 5.41) is 0.